The van der Waals surface area contributed by atoms with E-state index in [0.717, 1.165) is 16.9 Å². The van der Waals surface area contributed by atoms with E-state index >= 15 is 0 Å². The molecule has 1 fully saturated rings. The lowest BCUT2D eigenvalue weighted by atomic mass is 10.1. The number of hydrogen-bond acceptors (Lipinski definition) is 4. The lowest BCUT2D eigenvalue weighted by Crippen LogP contribution is -2.16. The number of amides is 1. The summed E-state index contributed by atoms with van der Waals surface area (Å²) in [5.41, 5.74) is 2.53. The van der Waals surface area contributed by atoms with Crippen molar-refractivity contribution in [1.82, 2.24) is 0 Å². The first kappa shape index (κ1) is 15.7. The smallest absolute Gasteiger partial charge is 0.341 e. The maximum atomic E-state index is 12.5. The van der Waals surface area contributed by atoms with Gasteiger partial charge in [-0.3, -0.25) is 4.79 Å². The number of ether oxygens (including phenoxy) is 1. The quantitative estimate of drug-likeness (QED) is 0.866. The number of esters is 1. The second-order valence-electron chi connectivity index (χ2n) is 5.83. The molecule has 5 heteroatoms. The van der Waals surface area contributed by atoms with Gasteiger partial charge in [0.1, 0.15) is 5.00 Å². The fraction of sp³-hybridized carbons (Fsp3) is 0.333. The van der Waals surface area contributed by atoms with Gasteiger partial charge in [-0.1, -0.05) is 30.3 Å². The Hall–Kier alpha value is -2.14. The van der Waals surface area contributed by atoms with E-state index in [1.165, 1.54) is 24.0 Å². The predicted octanol–water partition coefficient (Wildman–Crippen LogP) is 3.89. The van der Waals surface area contributed by atoms with Crippen molar-refractivity contribution in [2.45, 2.75) is 26.2 Å². The topological polar surface area (TPSA) is 55.4 Å². The Balaban J connectivity index is 1.75. The van der Waals surface area contributed by atoms with Crippen molar-refractivity contribution in [3.8, 4) is 0 Å². The number of benzene rings is 1. The third-order valence-electron chi connectivity index (χ3n) is 4.37. The number of nitrogens with one attached hydrogen (secondary N) is 1. The number of hydrogen-bond donors (Lipinski definition) is 1. The molecular weight excluding hydrogens is 310 g/mol. The first-order chi connectivity index (χ1) is 11.0. The van der Waals surface area contributed by atoms with Crippen LogP contribution >= 0.6 is 11.3 Å². The third-order valence-corrected chi connectivity index (χ3v) is 5.49. The van der Waals surface area contributed by atoms with Crippen LogP contribution in [0, 0.1) is 19.8 Å². The maximum absolute atomic E-state index is 12.5. The molecule has 2 atom stereocenters. The molecule has 3 rings (SSSR count). The van der Waals surface area contributed by atoms with Gasteiger partial charge in [0.15, 0.2) is 0 Å². The molecule has 4 nitrogen and oxygen atoms in total. The summed E-state index contributed by atoms with van der Waals surface area (Å²) in [6.07, 6.45) is 0.854. The van der Waals surface area contributed by atoms with Crippen LogP contribution in [0.4, 0.5) is 5.00 Å². The molecule has 0 unspecified atom stereocenters. The lowest BCUT2D eigenvalue weighted by molar-refractivity contribution is -0.117. The molecule has 2 aromatic rings. The molecule has 0 spiro atoms. The van der Waals surface area contributed by atoms with Gasteiger partial charge in [-0.15, -0.1) is 11.3 Å². The van der Waals surface area contributed by atoms with Crippen molar-refractivity contribution >= 4 is 28.2 Å². The van der Waals surface area contributed by atoms with Crippen molar-refractivity contribution in [3.63, 3.8) is 0 Å². The van der Waals surface area contributed by atoms with Gasteiger partial charge in [0.2, 0.25) is 5.91 Å². The summed E-state index contributed by atoms with van der Waals surface area (Å²) in [6.45, 7) is 3.81. The molecule has 0 bridgehead atoms. The van der Waals surface area contributed by atoms with E-state index in [0.29, 0.717) is 10.6 Å². The van der Waals surface area contributed by atoms with Crippen molar-refractivity contribution in [1.29, 1.82) is 0 Å². The van der Waals surface area contributed by atoms with E-state index in [-0.39, 0.29) is 17.7 Å². The fourth-order valence-corrected chi connectivity index (χ4v) is 3.87. The first-order valence-corrected chi connectivity index (χ1v) is 8.38. The summed E-state index contributed by atoms with van der Waals surface area (Å²) in [6, 6.07) is 10.1. The van der Waals surface area contributed by atoms with Gasteiger partial charge in [-0.05, 0) is 37.3 Å². The van der Waals surface area contributed by atoms with Crippen LogP contribution < -0.4 is 5.32 Å². The van der Waals surface area contributed by atoms with Crippen molar-refractivity contribution < 1.29 is 14.3 Å². The summed E-state index contributed by atoms with van der Waals surface area (Å²) >= 11 is 1.42. The Labute approximate surface area is 139 Å². The van der Waals surface area contributed by atoms with E-state index in [1.807, 2.05) is 32.0 Å². The zero-order valence-corrected chi connectivity index (χ0v) is 14.2. The number of thiophene rings is 1. The molecule has 1 saturated carbocycles. The highest BCUT2D eigenvalue weighted by molar-refractivity contribution is 7.16. The van der Waals surface area contributed by atoms with Crippen LogP contribution in [0.3, 0.4) is 0 Å². The van der Waals surface area contributed by atoms with Crippen molar-refractivity contribution in [2.24, 2.45) is 5.92 Å². The average Bonchev–Trinajstić information content (AvgIpc) is 3.31. The van der Waals surface area contributed by atoms with Crippen molar-refractivity contribution in [3.05, 3.63) is 51.9 Å². The Kier molecular flexibility index (Phi) is 4.22. The maximum Gasteiger partial charge on any atom is 0.341 e. The van der Waals surface area contributed by atoms with Gasteiger partial charge >= 0.3 is 5.97 Å². The number of aryl methyl sites for hydroxylation is 1. The number of rotatable bonds is 4. The van der Waals surface area contributed by atoms with Gasteiger partial charge in [0.05, 0.1) is 12.7 Å². The highest BCUT2D eigenvalue weighted by Crippen LogP contribution is 2.48. The second-order valence-corrected chi connectivity index (χ2v) is 7.05. The van der Waals surface area contributed by atoms with E-state index in [1.54, 1.807) is 0 Å². The SMILES string of the molecule is COC(=O)c1c(NC(=O)[C@@H]2C[C@@H]2c2ccccc2)sc(C)c1C. The van der Waals surface area contributed by atoms with Crippen LogP contribution in [0.5, 0.6) is 0 Å². The normalized spacial score (nSPS) is 19.3. The zero-order chi connectivity index (χ0) is 16.6. The van der Waals surface area contributed by atoms with Gasteiger partial charge in [-0.2, -0.15) is 0 Å². The minimum atomic E-state index is -0.405. The third kappa shape index (κ3) is 3.01. The Bertz CT molecular complexity index is 751. The number of carbonyl (C=O) groups excluding carboxylic acids is 2. The highest BCUT2D eigenvalue weighted by atomic mass is 32.1. The zero-order valence-electron chi connectivity index (χ0n) is 13.4. The van der Waals surface area contributed by atoms with Crippen LogP contribution in [0.1, 0.15) is 38.7 Å². The molecule has 0 aliphatic heterocycles. The lowest BCUT2D eigenvalue weighted by Gasteiger charge is -2.06. The summed E-state index contributed by atoms with van der Waals surface area (Å²) in [5, 5.41) is 3.52. The summed E-state index contributed by atoms with van der Waals surface area (Å²) < 4.78 is 4.84. The van der Waals surface area contributed by atoms with Crippen LogP contribution in [0.25, 0.3) is 0 Å². The summed E-state index contributed by atoms with van der Waals surface area (Å²) in [4.78, 5) is 25.5. The van der Waals surface area contributed by atoms with E-state index in [9.17, 15) is 9.59 Å². The second kappa shape index (κ2) is 6.16. The molecule has 120 valence electrons. The minimum absolute atomic E-state index is 0.0226. The molecular formula is C18H19NO3S. The van der Waals surface area contributed by atoms with E-state index in [2.05, 4.69) is 17.4 Å². The van der Waals surface area contributed by atoms with Gasteiger partial charge < -0.3 is 10.1 Å². The molecule has 0 saturated heterocycles. The van der Waals surface area contributed by atoms with Crippen LogP contribution in [-0.2, 0) is 9.53 Å². The van der Waals surface area contributed by atoms with E-state index in [4.69, 9.17) is 4.74 Å². The molecule has 1 amide bonds. The Morgan fingerprint density at radius 3 is 2.57 bits per heavy atom. The molecule has 1 aromatic carbocycles. The standard InChI is InChI=1S/C18H19NO3S/c1-10-11(2)23-17(15(10)18(21)22-3)19-16(20)14-9-13(14)12-7-5-4-6-8-12/h4-8,13-14H,9H2,1-3H3,(H,19,20)/t13-,14-/m1/s1. The molecule has 23 heavy (non-hydrogen) atoms. The molecule has 1 aliphatic carbocycles. The largest absolute Gasteiger partial charge is 0.465 e. The van der Waals surface area contributed by atoms with Crippen LogP contribution in [0.2, 0.25) is 0 Å². The highest BCUT2D eigenvalue weighted by Gasteiger charge is 2.44. The number of anilines is 1. The van der Waals surface area contributed by atoms with Gasteiger partial charge in [0.25, 0.3) is 0 Å². The monoisotopic (exact) mass is 329 g/mol. The average molecular weight is 329 g/mol. The minimum Gasteiger partial charge on any atom is -0.465 e. The molecule has 0 radical (unpaired) electrons. The van der Waals surface area contributed by atoms with Crippen LogP contribution in [-0.4, -0.2) is 19.0 Å². The van der Waals surface area contributed by atoms with Gasteiger partial charge in [0, 0.05) is 10.8 Å². The van der Waals surface area contributed by atoms with E-state index < -0.39 is 5.97 Å². The summed E-state index contributed by atoms with van der Waals surface area (Å²) in [5.74, 6) is -0.173. The van der Waals surface area contributed by atoms with Crippen molar-refractivity contribution in [2.75, 3.05) is 12.4 Å². The predicted molar refractivity (Wildman–Crippen MR) is 91.1 cm³/mol. The first-order valence-electron chi connectivity index (χ1n) is 7.57. The molecule has 1 heterocycles. The molecule has 1 aliphatic rings. The Morgan fingerprint density at radius 2 is 1.91 bits per heavy atom. The fourth-order valence-electron chi connectivity index (χ4n) is 2.82. The number of carbonyl (C=O) groups is 2. The number of methoxy groups -OCH3 is 1. The van der Waals surface area contributed by atoms with Gasteiger partial charge in [-0.25, -0.2) is 4.79 Å². The molecule has 1 N–H and O–H groups in total. The summed E-state index contributed by atoms with van der Waals surface area (Å²) in [7, 11) is 1.35. The van der Waals surface area contributed by atoms with Crippen LogP contribution in [0.15, 0.2) is 30.3 Å². The Morgan fingerprint density at radius 1 is 1.22 bits per heavy atom. The molecule has 1 aromatic heterocycles.